The van der Waals surface area contributed by atoms with E-state index in [4.69, 9.17) is 4.74 Å². The first-order valence-corrected chi connectivity index (χ1v) is 7.69. The molecule has 1 atom stereocenters. The smallest absolute Gasteiger partial charge is 0.191 e. The molecule has 0 bridgehead atoms. The van der Waals surface area contributed by atoms with Gasteiger partial charge >= 0.3 is 0 Å². The normalized spacial score (nSPS) is 13.8. The van der Waals surface area contributed by atoms with Crippen LogP contribution in [0.4, 0.5) is 4.39 Å². The Morgan fingerprint density at radius 1 is 1.36 bits per heavy atom. The first-order valence-electron chi connectivity index (χ1n) is 7.69. The molecule has 0 aromatic heterocycles. The van der Waals surface area contributed by atoms with Crippen molar-refractivity contribution in [2.24, 2.45) is 4.99 Å². The molecule has 0 saturated carbocycles. The van der Waals surface area contributed by atoms with Crippen molar-refractivity contribution in [1.29, 1.82) is 0 Å². The van der Waals surface area contributed by atoms with E-state index in [1.54, 1.807) is 13.2 Å². The van der Waals surface area contributed by atoms with Gasteiger partial charge in [-0.2, -0.15) is 0 Å². The molecule has 1 unspecified atom stereocenters. The van der Waals surface area contributed by atoms with Crippen molar-refractivity contribution in [2.75, 3.05) is 26.8 Å². The SMILES string of the molecule is CCNC(=NCC(C)(C)c1ccccc1F)NC(C)COC. The molecule has 0 amide bonds. The second-order valence-corrected chi connectivity index (χ2v) is 6.06. The molecular formula is C17H28FN3O. The Morgan fingerprint density at radius 3 is 2.64 bits per heavy atom. The third-order valence-electron chi connectivity index (χ3n) is 3.38. The van der Waals surface area contributed by atoms with E-state index in [9.17, 15) is 4.39 Å². The van der Waals surface area contributed by atoms with E-state index in [1.807, 2.05) is 39.8 Å². The summed E-state index contributed by atoms with van der Waals surface area (Å²) in [5.41, 5.74) is 0.303. The molecule has 1 aromatic rings. The quantitative estimate of drug-likeness (QED) is 0.601. The summed E-state index contributed by atoms with van der Waals surface area (Å²) in [6.45, 7) is 9.89. The van der Waals surface area contributed by atoms with Crippen molar-refractivity contribution in [3.8, 4) is 0 Å². The molecule has 0 spiro atoms. The van der Waals surface area contributed by atoms with Crippen LogP contribution in [0.3, 0.4) is 0 Å². The summed E-state index contributed by atoms with van der Waals surface area (Å²) in [5.74, 6) is 0.532. The van der Waals surface area contributed by atoms with E-state index >= 15 is 0 Å². The monoisotopic (exact) mass is 309 g/mol. The maximum absolute atomic E-state index is 14.0. The van der Waals surface area contributed by atoms with Crippen LogP contribution in [0.15, 0.2) is 29.3 Å². The molecule has 1 aromatic carbocycles. The van der Waals surface area contributed by atoms with Gasteiger partial charge in [-0.15, -0.1) is 0 Å². The summed E-state index contributed by atoms with van der Waals surface area (Å²) in [7, 11) is 1.67. The van der Waals surface area contributed by atoms with Gasteiger partial charge in [0.05, 0.1) is 13.2 Å². The summed E-state index contributed by atoms with van der Waals surface area (Å²) in [6.07, 6.45) is 0. The Morgan fingerprint density at radius 2 is 2.05 bits per heavy atom. The van der Waals surface area contributed by atoms with Crippen molar-refractivity contribution >= 4 is 5.96 Å². The fourth-order valence-corrected chi connectivity index (χ4v) is 2.22. The molecule has 0 heterocycles. The Bertz CT molecular complexity index is 489. The number of hydrogen-bond acceptors (Lipinski definition) is 2. The van der Waals surface area contributed by atoms with Gasteiger partial charge in [0.1, 0.15) is 5.82 Å². The van der Waals surface area contributed by atoms with E-state index in [0.717, 1.165) is 12.5 Å². The van der Waals surface area contributed by atoms with Gasteiger partial charge in [0.15, 0.2) is 5.96 Å². The lowest BCUT2D eigenvalue weighted by molar-refractivity contribution is 0.179. The molecule has 5 heteroatoms. The van der Waals surface area contributed by atoms with Gasteiger partial charge in [0.25, 0.3) is 0 Å². The zero-order valence-electron chi connectivity index (χ0n) is 14.2. The lowest BCUT2D eigenvalue weighted by Crippen LogP contribution is -2.44. The van der Waals surface area contributed by atoms with Crippen LogP contribution in [0.1, 0.15) is 33.3 Å². The second-order valence-electron chi connectivity index (χ2n) is 6.06. The van der Waals surface area contributed by atoms with Crippen LogP contribution < -0.4 is 10.6 Å². The predicted molar refractivity (Wildman–Crippen MR) is 89.9 cm³/mol. The van der Waals surface area contributed by atoms with Crippen molar-refractivity contribution in [3.05, 3.63) is 35.6 Å². The Labute approximate surface area is 133 Å². The number of rotatable bonds is 7. The van der Waals surface area contributed by atoms with Crippen LogP contribution in [0.2, 0.25) is 0 Å². The minimum Gasteiger partial charge on any atom is -0.383 e. The molecule has 22 heavy (non-hydrogen) atoms. The van der Waals surface area contributed by atoms with Crippen LogP contribution in [0.5, 0.6) is 0 Å². The van der Waals surface area contributed by atoms with E-state index in [0.29, 0.717) is 18.7 Å². The maximum atomic E-state index is 14.0. The molecule has 1 rings (SSSR count). The largest absolute Gasteiger partial charge is 0.383 e. The Balaban J connectivity index is 2.82. The lowest BCUT2D eigenvalue weighted by atomic mass is 9.84. The molecule has 0 aliphatic carbocycles. The highest BCUT2D eigenvalue weighted by atomic mass is 19.1. The van der Waals surface area contributed by atoms with Gasteiger partial charge in [-0.3, -0.25) is 4.99 Å². The summed E-state index contributed by atoms with van der Waals surface area (Å²) in [4.78, 5) is 4.60. The summed E-state index contributed by atoms with van der Waals surface area (Å²) < 4.78 is 19.1. The highest BCUT2D eigenvalue weighted by molar-refractivity contribution is 5.80. The lowest BCUT2D eigenvalue weighted by Gasteiger charge is -2.25. The predicted octanol–water partition coefficient (Wildman–Crippen LogP) is 2.69. The number of methoxy groups -OCH3 is 1. The zero-order valence-corrected chi connectivity index (χ0v) is 14.2. The third kappa shape index (κ3) is 5.64. The number of hydrogen-bond donors (Lipinski definition) is 2. The average Bonchev–Trinajstić information content (AvgIpc) is 2.45. The van der Waals surface area contributed by atoms with Gasteiger partial charge in [0.2, 0.25) is 0 Å². The summed E-state index contributed by atoms with van der Waals surface area (Å²) in [6, 6.07) is 7.02. The number of halogens is 1. The van der Waals surface area contributed by atoms with Crippen LogP contribution in [-0.2, 0) is 10.2 Å². The van der Waals surface area contributed by atoms with Crippen molar-refractivity contribution in [3.63, 3.8) is 0 Å². The fraction of sp³-hybridized carbons (Fsp3) is 0.588. The number of nitrogens with one attached hydrogen (secondary N) is 2. The molecule has 0 radical (unpaired) electrons. The van der Waals surface area contributed by atoms with Gasteiger partial charge in [-0.25, -0.2) is 4.39 Å². The Hall–Kier alpha value is -1.62. The molecule has 0 aliphatic rings. The van der Waals surface area contributed by atoms with Crippen molar-refractivity contribution in [2.45, 2.75) is 39.2 Å². The molecule has 0 aliphatic heterocycles. The second kappa shape index (κ2) is 8.73. The molecule has 0 saturated heterocycles. The van der Waals surface area contributed by atoms with E-state index < -0.39 is 0 Å². The van der Waals surface area contributed by atoms with Crippen LogP contribution >= 0.6 is 0 Å². The summed E-state index contributed by atoms with van der Waals surface area (Å²) in [5, 5.41) is 6.48. The van der Waals surface area contributed by atoms with E-state index in [2.05, 4.69) is 15.6 Å². The number of benzene rings is 1. The van der Waals surface area contributed by atoms with Crippen LogP contribution in [0.25, 0.3) is 0 Å². The minimum atomic E-state index is -0.377. The first kappa shape index (κ1) is 18.4. The van der Waals surface area contributed by atoms with Crippen LogP contribution in [-0.4, -0.2) is 38.8 Å². The molecule has 0 fully saturated rings. The molecule has 2 N–H and O–H groups in total. The number of aliphatic imine (C=N–C) groups is 1. The average molecular weight is 309 g/mol. The van der Waals surface area contributed by atoms with Crippen LogP contribution in [0, 0.1) is 5.82 Å². The Kier molecular flexibility index (Phi) is 7.32. The molecule has 124 valence electrons. The highest BCUT2D eigenvalue weighted by Gasteiger charge is 2.23. The van der Waals surface area contributed by atoms with Gasteiger partial charge in [-0.1, -0.05) is 32.0 Å². The zero-order chi connectivity index (χ0) is 16.6. The van der Waals surface area contributed by atoms with Crippen molar-refractivity contribution in [1.82, 2.24) is 10.6 Å². The third-order valence-corrected chi connectivity index (χ3v) is 3.38. The molecular weight excluding hydrogens is 281 g/mol. The topological polar surface area (TPSA) is 45.7 Å². The maximum Gasteiger partial charge on any atom is 0.191 e. The number of guanidine groups is 1. The van der Waals surface area contributed by atoms with Gasteiger partial charge in [-0.05, 0) is 25.5 Å². The number of nitrogens with zero attached hydrogens (tertiary/aromatic N) is 1. The van der Waals surface area contributed by atoms with E-state index in [1.165, 1.54) is 6.07 Å². The first-order chi connectivity index (χ1) is 10.4. The minimum absolute atomic E-state index is 0.152. The van der Waals surface area contributed by atoms with Crippen molar-refractivity contribution < 1.29 is 9.13 Å². The summed E-state index contributed by atoms with van der Waals surface area (Å²) >= 11 is 0. The highest BCUT2D eigenvalue weighted by Crippen LogP contribution is 2.25. The van der Waals surface area contributed by atoms with Gasteiger partial charge < -0.3 is 15.4 Å². The standard InChI is InChI=1S/C17H28FN3O/c1-6-19-16(21-13(2)11-22-5)20-12-17(3,4)14-9-7-8-10-15(14)18/h7-10,13H,6,11-12H2,1-5H3,(H2,19,20,21). The van der Waals surface area contributed by atoms with E-state index in [-0.39, 0.29) is 17.3 Å². The molecule has 4 nitrogen and oxygen atoms in total. The number of ether oxygens (including phenoxy) is 1. The fourth-order valence-electron chi connectivity index (χ4n) is 2.22. The van der Waals surface area contributed by atoms with Gasteiger partial charge in [0, 0.05) is 25.1 Å².